The van der Waals surface area contributed by atoms with E-state index in [1.165, 1.54) is 0 Å². The van der Waals surface area contributed by atoms with E-state index in [0.29, 0.717) is 5.69 Å². The van der Waals surface area contributed by atoms with Gasteiger partial charge in [-0.2, -0.15) is 0 Å². The molecule has 17 heavy (non-hydrogen) atoms. The second kappa shape index (κ2) is 5.42. The average molecular weight is 239 g/mol. The molecule has 4 N–H and O–H groups in total. The molecule has 1 amide bonds. The van der Waals surface area contributed by atoms with Crippen LogP contribution < -0.4 is 5.32 Å². The third kappa shape index (κ3) is 3.27. The maximum Gasteiger partial charge on any atom is 0.335 e. The van der Waals surface area contributed by atoms with Crippen LogP contribution in [0.25, 0.3) is 0 Å². The highest BCUT2D eigenvalue weighted by molar-refractivity contribution is 5.97. The van der Waals surface area contributed by atoms with Gasteiger partial charge in [0.15, 0.2) is 12.2 Å². The van der Waals surface area contributed by atoms with E-state index >= 15 is 0 Å². The third-order valence-corrected chi connectivity index (χ3v) is 2.22. The Morgan fingerprint density at radius 2 is 1.76 bits per heavy atom. The molecule has 1 aromatic rings. The Kier molecular flexibility index (Phi) is 4.19. The molecule has 6 nitrogen and oxygen atoms in total. The molecule has 2 atom stereocenters. The standard InChI is InChI=1S/C11H13NO5/c1-6-4-2-3-5-7(6)12-10(15)8(13)9(14)11(16)17/h2-5,8-9,13-14H,1H3,(H,12,15)(H,16,17)/t8-,9-/m1/s1. The van der Waals surface area contributed by atoms with Crippen molar-refractivity contribution in [3.05, 3.63) is 29.8 Å². The predicted octanol–water partition coefficient (Wildman–Crippen LogP) is -0.260. The highest BCUT2D eigenvalue weighted by atomic mass is 16.4. The lowest BCUT2D eigenvalue weighted by molar-refractivity contribution is -0.156. The van der Waals surface area contributed by atoms with Crippen molar-refractivity contribution in [1.29, 1.82) is 0 Å². The number of anilines is 1. The molecule has 0 aliphatic heterocycles. The van der Waals surface area contributed by atoms with Gasteiger partial charge in [-0.15, -0.1) is 0 Å². The number of nitrogens with one attached hydrogen (secondary N) is 1. The Morgan fingerprint density at radius 1 is 1.18 bits per heavy atom. The zero-order valence-corrected chi connectivity index (χ0v) is 9.12. The van der Waals surface area contributed by atoms with E-state index < -0.39 is 24.1 Å². The van der Waals surface area contributed by atoms with Crippen molar-refractivity contribution in [1.82, 2.24) is 0 Å². The van der Waals surface area contributed by atoms with Crippen LogP contribution in [0, 0.1) is 6.92 Å². The van der Waals surface area contributed by atoms with E-state index in [4.69, 9.17) is 10.2 Å². The molecule has 0 radical (unpaired) electrons. The molecule has 0 saturated carbocycles. The SMILES string of the molecule is Cc1ccccc1NC(=O)[C@H](O)[C@@H](O)C(=O)O. The molecular weight excluding hydrogens is 226 g/mol. The summed E-state index contributed by atoms with van der Waals surface area (Å²) >= 11 is 0. The molecule has 6 heteroatoms. The van der Waals surface area contributed by atoms with E-state index in [1.54, 1.807) is 31.2 Å². The van der Waals surface area contributed by atoms with E-state index in [-0.39, 0.29) is 0 Å². The highest BCUT2D eigenvalue weighted by Crippen LogP contribution is 2.13. The highest BCUT2D eigenvalue weighted by Gasteiger charge is 2.30. The lowest BCUT2D eigenvalue weighted by Gasteiger charge is -2.14. The van der Waals surface area contributed by atoms with Crippen molar-refractivity contribution in [3.63, 3.8) is 0 Å². The molecule has 0 aromatic heterocycles. The summed E-state index contributed by atoms with van der Waals surface area (Å²) in [4.78, 5) is 21.8. The second-order valence-electron chi connectivity index (χ2n) is 3.53. The number of para-hydroxylation sites is 1. The molecule has 0 unspecified atom stereocenters. The number of aryl methyl sites for hydroxylation is 1. The number of hydrogen-bond acceptors (Lipinski definition) is 4. The number of aliphatic hydroxyl groups is 2. The fraction of sp³-hybridized carbons (Fsp3) is 0.273. The summed E-state index contributed by atoms with van der Waals surface area (Å²) in [7, 11) is 0. The summed E-state index contributed by atoms with van der Waals surface area (Å²) in [5.74, 6) is -2.62. The van der Waals surface area contributed by atoms with Gasteiger partial charge >= 0.3 is 5.97 Å². The number of carbonyl (C=O) groups is 2. The summed E-state index contributed by atoms with van der Waals surface area (Å²) in [6.07, 6.45) is -4.15. The van der Waals surface area contributed by atoms with Crippen molar-refractivity contribution >= 4 is 17.6 Å². The first kappa shape index (κ1) is 13.1. The van der Waals surface area contributed by atoms with Crippen molar-refractivity contribution in [2.45, 2.75) is 19.1 Å². The Bertz CT molecular complexity index is 432. The smallest absolute Gasteiger partial charge is 0.335 e. The van der Waals surface area contributed by atoms with Gasteiger partial charge in [0.25, 0.3) is 5.91 Å². The zero-order chi connectivity index (χ0) is 13.0. The second-order valence-corrected chi connectivity index (χ2v) is 3.53. The Morgan fingerprint density at radius 3 is 2.29 bits per heavy atom. The number of benzene rings is 1. The molecule has 1 rings (SSSR count). The lowest BCUT2D eigenvalue weighted by Crippen LogP contribution is -2.42. The molecule has 0 saturated heterocycles. The minimum Gasteiger partial charge on any atom is -0.479 e. The van der Waals surface area contributed by atoms with Crippen LogP contribution in [0.5, 0.6) is 0 Å². The molecule has 0 spiro atoms. The molecule has 0 aliphatic rings. The topological polar surface area (TPSA) is 107 Å². The van der Waals surface area contributed by atoms with E-state index in [1.807, 2.05) is 0 Å². The van der Waals surface area contributed by atoms with Gasteiger partial charge in [0.1, 0.15) is 0 Å². The van der Waals surface area contributed by atoms with Gasteiger partial charge in [0, 0.05) is 5.69 Å². The largest absolute Gasteiger partial charge is 0.479 e. The summed E-state index contributed by atoms with van der Waals surface area (Å²) in [5, 5.41) is 29.0. The molecule has 1 aromatic carbocycles. The van der Waals surface area contributed by atoms with Crippen LogP contribution in [0.15, 0.2) is 24.3 Å². The normalized spacial score (nSPS) is 13.8. The third-order valence-electron chi connectivity index (χ3n) is 2.22. The fourth-order valence-corrected chi connectivity index (χ4v) is 1.20. The number of rotatable bonds is 4. The van der Waals surface area contributed by atoms with Crippen molar-refractivity contribution in [3.8, 4) is 0 Å². The average Bonchev–Trinajstić information content (AvgIpc) is 2.30. The van der Waals surface area contributed by atoms with Crippen LogP contribution in [-0.4, -0.2) is 39.4 Å². The number of carbonyl (C=O) groups excluding carboxylic acids is 1. The maximum absolute atomic E-state index is 11.4. The maximum atomic E-state index is 11.4. The van der Waals surface area contributed by atoms with Crippen LogP contribution in [0.3, 0.4) is 0 Å². The van der Waals surface area contributed by atoms with Gasteiger partial charge in [-0.1, -0.05) is 18.2 Å². The van der Waals surface area contributed by atoms with Crippen molar-refractivity contribution in [2.24, 2.45) is 0 Å². The van der Waals surface area contributed by atoms with Gasteiger partial charge in [0.05, 0.1) is 0 Å². The first-order valence-electron chi connectivity index (χ1n) is 4.89. The quantitative estimate of drug-likeness (QED) is 0.579. The number of hydrogen-bond donors (Lipinski definition) is 4. The van der Waals surface area contributed by atoms with Gasteiger partial charge < -0.3 is 20.6 Å². The van der Waals surface area contributed by atoms with Crippen LogP contribution in [-0.2, 0) is 9.59 Å². The molecule has 0 aliphatic carbocycles. The van der Waals surface area contributed by atoms with Gasteiger partial charge in [0.2, 0.25) is 0 Å². The number of aliphatic carboxylic acids is 1. The minimum atomic E-state index is -2.14. The van der Waals surface area contributed by atoms with Crippen LogP contribution in [0.1, 0.15) is 5.56 Å². The number of aliphatic hydroxyl groups excluding tert-OH is 2. The summed E-state index contributed by atoms with van der Waals surface area (Å²) in [5.41, 5.74) is 1.21. The van der Waals surface area contributed by atoms with Crippen molar-refractivity contribution < 1.29 is 24.9 Å². The Labute approximate surface area is 97.5 Å². The lowest BCUT2D eigenvalue weighted by atomic mass is 10.1. The van der Waals surface area contributed by atoms with Gasteiger partial charge in [-0.25, -0.2) is 4.79 Å². The van der Waals surface area contributed by atoms with Crippen LogP contribution in [0.4, 0.5) is 5.69 Å². The van der Waals surface area contributed by atoms with E-state index in [9.17, 15) is 14.7 Å². The molecular formula is C11H13NO5. The molecule has 0 bridgehead atoms. The van der Waals surface area contributed by atoms with Crippen LogP contribution >= 0.6 is 0 Å². The van der Waals surface area contributed by atoms with Crippen molar-refractivity contribution in [2.75, 3.05) is 5.32 Å². The number of carboxylic acid groups (broad SMARTS) is 1. The molecule has 92 valence electrons. The summed E-state index contributed by atoms with van der Waals surface area (Å²) in [6.45, 7) is 1.75. The monoisotopic (exact) mass is 239 g/mol. The first-order valence-corrected chi connectivity index (χ1v) is 4.89. The number of amides is 1. The Hall–Kier alpha value is -1.92. The molecule has 0 heterocycles. The van der Waals surface area contributed by atoms with E-state index in [0.717, 1.165) is 5.56 Å². The predicted molar refractivity (Wildman–Crippen MR) is 59.5 cm³/mol. The zero-order valence-electron chi connectivity index (χ0n) is 9.12. The van der Waals surface area contributed by atoms with Crippen LogP contribution in [0.2, 0.25) is 0 Å². The van der Waals surface area contributed by atoms with E-state index in [2.05, 4.69) is 5.32 Å². The fourth-order valence-electron chi connectivity index (χ4n) is 1.20. The Balaban J connectivity index is 2.73. The first-order chi connectivity index (χ1) is 7.93. The summed E-state index contributed by atoms with van der Waals surface area (Å²) in [6, 6.07) is 6.80. The number of carboxylic acids is 1. The molecule has 0 fully saturated rings. The minimum absolute atomic E-state index is 0.453. The summed E-state index contributed by atoms with van der Waals surface area (Å²) < 4.78 is 0. The van der Waals surface area contributed by atoms with Gasteiger partial charge in [-0.05, 0) is 18.6 Å². The van der Waals surface area contributed by atoms with Gasteiger partial charge in [-0.3, -0.25) is 4.79 Å².